The molecular weight excluding hydrogens is 340 g/mol. The van der Waals surface area contributed by atoms with Crippen LogP contribution in [0.2, 0.25) is 0 Å². The predicted octanol–water partition coefficient (Wildman–Crippen LogP) is 1.53. The fourth-order valence-electron chi connectivity index (χ4n) is 3.16. The van der Waals surface area contributed by atoms with Crippen molar-refractivity contribution in [1.82, 2.24) is 25.5 Å². The van der Waals surface area contributed by atoms with Crippen LogP contribution in [0.15, 0.2) is 48.8 Å². The monoisotopic (exact) mass is 368 g/mol. The Morgan fingerprint density at radius 2 is 1.63 bits per heavy atom. The number of hydrogen-bond donors (Lipinski definition) is 2. The summed E-state index contributed by atoms with van der Waals surface area (Å²) in [5.41, 5.74) is 1.23. The minimum Gasteiger partial charge on any atom is -0.338 e. The summed E-state index contributed by atoms with van der Waals surface area (Å²) in [6.45, 7) is 6.23. The van der Waals surface area contributed by atoms with Crippen LogP contribution in [-0.4, -0.2) is 66.7 Å². The third-order valence-electron chi connectivity index (χ3n) is 4.69. The highest BCUT2D eigenvalue weighted by atomic mass is 16.2. The number of aromatic nitrogens is 2. The van der Waals surface area contributed by atoms with Gasteiger partial charge in [0.05, 0.1) is 0 Å². The second-order valence-corrected chi connectivity index (χ2v) is 6.65. The number of amides is 2. The number of anilines is 1. The molecule has 0 aliphatic carbocycles. The summed E-state index contributed by atoms with van der Waals surface area (Å²) in [7, 11) is 0. The molecule has 2 N–H and O–H groups in total. The van der Waals surface area contributed by atoms with Gasteiger partial charge in [0.2, 0.25) is 5.95 Å². The third kappa shape index (κ3) is 6.53. The maximum Gasteiger partial charge on any atom is 0.314 e. The molecular formula is C20H28N6O. The fourth-order valence-corrected chi connectivity index (χ4v) is 3.16. The number of piperazine rings is 1. The molecule has 0 unspecified atom stereocenters. The topological polar surface area (TPSA) is 73.4 Å². The van der Waals surface area contributed by atoms with Crippen LogP contribution < -0.4 is 15.5 Å². The van der Waals surface area contributed by atoms with E-state index < -0.39 is 0 Å². The molecule has 0 spiro atoms. The number of urea groups is 1. The smallest absolute Gasteiger partial charge is 0.314 e. The second-order valence-electron chi connectivity index (χ2n) is 6.65. The van der Waals surface area contributed by atoms with Crippen molar-refractivity contribution in [3.8, 4) is 0 Å². The van der Waals surface area contributed by atoms with Gasteiger partial charge < -0.3 is 15.5 Å². The highest BCUT2D eigenvalue weighted by Gasteiger charge is 2.18. The first kappa shape index (κ1) is 19.1. The lowest BCUT2D eigenvalue weighted by atomic mass is 10.1. The highest BCUT2D eigenvalue weighted by molar-refractivity contribution is 5.73. The molecule has 27 heavy (non-hydrogen) atoms. The number of rotatable bonds is 8. The maximum absolute atomic E-state index is 11.8. The SMILES string of the molecule is O=C(NCCCN1CCN(c2ncccn2)CC1)NCCc1ccccc1. The van der Waals surface area contributed by atoms with Gasteiger partial charge in [-0.2, -0.15) is 0 Å². The van der Waals surface area contributed by atoms with Crippen molar-refractivity contribution in [1.29, 1.82) is 0 Å². The molecule has 1 aliphatic heterocycles. The van der Waals surface area contributed by atoms with Crippen LogP contribution in [0, 0.1) is 0 Å². The van der Waals surface area contributed by atoms with E-state index >= 15 is 0 Å². The Bertz CT molecular complexity index is 673. The number of carbonyl (C=O) groups is 1. The van der Waals surface area contributed by atoms with Gasteiger partial charge in [0.15, 0.2) is 0 Å². The van der Waals surface area contributed by atoms with Gasteiger partial charge in [0.25, 0.3) is 0 Å². The van der Waals surface area contributed by atoms with Gasteiger partial charge in [0, 0.05) is 51.7 Å². The third-order valence-corrected chi connectivity index (χ3v) is 4.69. The van der Waals surface area contributed by atoms with Gasteiger partial charge in [-0.05, 0) is 31.0 Å². The highest BCUT2D eigenvalue weighted by Crippen LogP contribution is 2.09. The molecule has 1 aliphatic rings. The average molecular weight is 368 g/mol. The molecule has 2 aromatic rings. The van der Waals surface area contributed by atoms with Crippen molar-refractivity contribution in [3.05, 3.63) is 54.4 Å². The zero-order valence-corrected chi connectivity index (χ0v) is 15.7. The molecule has 0 bridgehead atoms. The zero-order chi connectivity index (χ0) is 18.7. The van der Waals surface area contributed by atoms with Crippen LogP contribution in [0.4, 0.5) is 10.7 Å². The Morgan fingerprint density at radius 3 is 2.37 bits per heavy atom. The molecule has 2 amide bonds. The average Bonchev–Trinajstić information content (AvgIpc) is 2.73. The lowest BCUT2D eigenvalue weighted by Crippen LogP contribution is -2.47. The standard InChI is InChI=1S/C20H28N6O/c27-20(24-12-8-18-6-2-1-3-7-18)23-11-5-13-25-14-16-26(17-15-25)19-21-9-4-10-22-19/h1-4,6-7,9-10H,5,8,11-17H2,(H2,23,24,27). The van der Waals surface area contributed by atoms with Crippen molar-refractivity contribution < 1.29 is 4.79 Å². The number of nitrogens with zero attached hydrogens (tertiary/aromatic N) is 4. The molecule has 1 saturated heterocycles. The molecule has 1 aromatic heterocycles. The van der Waals surface area contributed by atoms with Crippen LogP contribution in [0.25, 0.3) is 0 Å². The number of carbonyl (C=O) groups excluding carboxylic acids is 1. The van der Waals surface area contributed by atoms with E-state index in [1.54, 1.807) is 12.4 Å². The lowest BCUT2D eigenvalue weighted by Gasteiger charge is -2.34. The first-order chi connectivity index (χ1) is 13.3. The van der Waals surface area contributed by atoms with E-state index in [2.05, 4.69) is 42.5 Å². The van der Waals surface area contributed by atoms with E-state index in [1.807, 2.05) is 24.3 Å². The van der Waals surface area contributed by atoms with Crippen LogP contribution in [0.5, 0.6) is 0 Å². The quantitative estimate of drug-likeness (QED) is 0.692. The Labute approximate surface area is 160 Å². The first-order valence-corrected chi connectivity index (χ1v) is 9.61. The molecule has 1 fully saturated rings. The van der Waals surface area contributed by atoms with Gasteiger partial charge in [-0.25, -0.2) is 14.8 Å². The second kappa shape index (κ2) is 10.5. The molecule has 3 rings (SSSR count). The maximum atomic E-state index is 11.8. The van der Waals surface area contributed by atoms with E-state index in [9.17, 15) is 4.79 Å². The number of benzene rings is 1. The van der Waals surface area contributed by atoms with E-state index in [4.69, 9.17) is 0 Å². The van der Waals surface area contributed by atoms with Crippen LogP contribution in [0.3, 0.4) is 0 Å². The van der Waals surface area contributed by atoms with Gasteiger partial charge >= 0.3 is 6.03 Å². The van der Waals surface area contributed by atoms with Gasteiger partial charge in [-0.15, -0.1) is 0 Å². The summed E-state index contributed by atoms with van der Waals surface area (Å²) in [6, 6.07) is 11.9. The van der Waals surface area contributed by atoms with Crippen molar-refractivity contribution in [2.45, 2.75) is 12.8 Å². The normalized spacial score (nSPS) is 14.7. The van der Waals surface area contributed by atoms with Crippen molar-refractivity contribution in [3.63, 3.8) is 0 Å². The molecule has 0 saturated carbocycles. The molecule has 1 aromatic carbocycles. The minimum absolute atomic E-state index is 0.0861. The zero-order valence-electron chi connectivity index (χ0n) is 15.7. The molecule has 0 radical (unpaired) electrons. The first-order valence-electron chi connectivity index (χ1n) is 9.61. The van der Waals surface area contributed by atoms with Gasteiger partial charge in [-0.3, -0.25) is 4.90 Å². The largest absolute Gasteiger partial charge is 0.338 e. The Balaban J connectivity index is 1.23. The molecule has 7 nitrogen and oxygen atoms in total. The Morgan fingerprint density at radius 1 is 0.926 bits per heavy atom. The van der Waals surface area contributed by atoms with Crippen molar-refractivity contribution in [2.24, 2.45) is 0 Å². The molecule has 144 valence electrons. The summed E-state index contributed by atoms with van der Waals surface area (Å²) in [5, 5.41) is 5.85. The van der Waals surface area contributed by atoms with Crippen molar-refractivity contribution in [2.75, 3.05) is 50.7 Å². The summed E-state index contributed by atoms with van der Waals surface area (Å²) in [5.74, 6) is 0.811. The van der Waals surface area contributed by atoms with E-state index in [-0.39, 0.29) is 6.03 Å². The van der Waals surface area contributed by atoms with Gasteiger partial charge in [-0.1, -0.05) is 30.3 Å². The van der Waals surface area contributed by atoms with Crippen molar-refractivity contribution >= 4 is 12.0 Å². The van der Waals surface area contributed by atoms with E-state index in [0.29, 0.717) is 13.1 Å². The summed E-state index contributed by atoms with van der Waals surface area (Å²) in [6.07, 6.45) is 5.37. The summed E-state index contributed by atoms with van der Waals surface area (Å²) < 4.78 is 0. The summed E-state index contributed by atoms with van der Waals surface area (Å²) in [4.78, 5) is 25.1. The van der Waals surface area contributed by atoms with Crippen LogP contribution >= 0.6 is 0 Å². The summed E-state index contributed by atoms with van der Waals surface area (Å²) >= 11 is 0. The molecule has 7 heteroatoms. The lowest BCUT2D eigenvalue weighted by molar-refractivity contribution is 0.236. The van der Waals surface area contributed by atoms with E-state index in [0.717, 1.165) is 51.5 Å². The van der Waals surface area contributed by atoms with Crippen LogP contribution in [-0.2, 0) is 6.42 Å². The van der Waals surface area contributed by atoms with E-state index in [1.165, 1.54) is 5.56 Å². The minimum atomic E-state index is -0.0861. The molecule has 2 heterocycles. The predicted molar refractivity (Wildman–Crippen MR) is 107 cm³/mol. The number of hydrogen-bond acceptors (Lipinski definition) is 5. The fraction of sp³-hybridized carbons (Fsp3) is 0.450. The number of nitrogens with one attached hydrogen (secondary N) is 2. The Kier molecular flexibility index (Phi) is 7.41. The molecule has 0 atom stereocenters. The van der Waals surface area contributed by atoms with Crippen LogP contribution in [0.1, 0.15) is 12.0 Å². The Hall–Kier alpha value is -2.67. The van der Waals surface area contributed by atoms with Gasteiger partial charge in [0.1, 0.15) is 0 Å².